The van der Waals surface area contributed by atoms with Crippen molar-refractivity contribution < 1.29 is 31.2 Å². The molecule has 0 spiro atoms. The van der Waals surface area contributed by atoms with E-state index in [1.54, 1.807) is 0 Å². The molecule has 2 aromatic heterocycles. The van der Waals surface area contributed by atoms with Crippen molar-refractivity contribution in [1.29, 1.82) is 0 Å². The van der Waals surface area contributed by atoms with Gasteiger partial charge in [-0.25, -0.2) is 13.1 Å². The van der Waals surface area contributed by atoms with Crippen molar-refractivity contribution in [2.75, 3.05) is 0 Å². The second-order valence-corrected chi connectivity index (χ2v) is 9.34. The average molecular weight is 461 g/mol. The second-order valence-electron chi connectivity index (χ2n) is 7.68. The van der Waals surface area contributed by atoms with E-state index in [0.29, 0.717) is 0 Å². The lowest BCUT2D eigenvalue weighted by Gasteiger charge is -2.35. The van der Waals surface area contributed by atoms with Crippen LogP contribution in [0.15, 0.2) is 17.3 Å². The Hall–Kier alpha value is -2.67. The smallest absolute Gasteiger partial charge is 0.366 e. The number of carbonyl (C=O) groups excluding carboxylic acids is 2. The summed E-state index contributed by atoms with van der Waals surface area (Å²) >= 11 is 0. The van der Waals surface area contributed by atoms with E-state index in [2.05, 4.69) is 9.82 Å². The predicted molar refractivity (Wildman–Crippen MR) is 103 cm³/mol. The van der Waals surface area contributed by atoms with Crippen LogP contribution in [0.1, 0.15) is 53.1 Å². The highest BCUT2D eigenvalue weighted by atomic mass is 32.2. The van der Waals surface area contributed by atoms with E-state index in [1.807, 2.05) is 0 Å². The molecule has 0 atom stereocenters. The molecule has 0 aliphatic heterocycles. The molecule has 2 aromatic rings. The fraction of sp³-hybridized carbons (Fsp3) is 0.500. The Balaban J connectivity index is 1.77. The molecule has 0 unspecified atom stereocenters. The van der Waals surface area contributed by atoms with Gasteiger partial charge in [0.1, 0.15) is 5.78 Å². The van der Waals surface area contributed by atoms with Gasteiger partial charge in [-0.05, 0) is 39.7 Å². The number of nitrogens with zero attached hydrogens (tertiary/aromatic N) is 3. The Morgan fingerprint density at radius 2 is 1.90 bits per heavy atom. The zero-order chi connectivity index (χ0) is 23.3. The summed E-state index contributed by atoms with van der Waals surface area (Å²) in [6, 6.07) is 0.201. The number of nitrogens with one attached hydrogen (secondary N) is 1. The summed E-state index contributed by atoms with van der Waals surface area (Å²) < 4.78 is 69.5. The van der Waals surface area contributed by atoms with E-state index in [-0.39, 0.29) is 53.2 Å². The maximum Gasteiger partial charge on any atom is 0.419 e. The van der Waals surface area contributed by atoms with Crippen molar-refractivity contribution in [2.24, 2.45) is 5.73 Å². The van der Waals surface area contributed by atoms with Crippen molar-refractivity contribution in [3.8, 4) is 0 Å². The van der Waals surface area contributed by atoms with Gasteiger partial charge in [-0.1, -0.05) is 0 Å². The molecule has 13 heteroatoms. The van der Waals surface area contributed by atoms with Crippen molar-refractivity contribution in [3.05, 3.63) is 34.8 Å². The number of hydrogen-bond acceptors (Lipinski definition) is 5. The third-order valence-corrected chi connectivity index (χ3v) is 6.81. The molecule has 0 saturated heterocycles. The summed E-state index contributed by atoms with van der Waals surface area (Å²) in [5.74, 6) is -1.14. The first-order valence-electron chi connectivity index (χ1n) is 9.35. The van der Waals surface area contributed by atoms with E-state index in [4.69, 9.17) is 5.73 Å². The van der Waals surface area contributed by atoms with Gasteiger partial charge in [0.05, 0.1) is 29.4 Å². The standard InChI is InChI=1S/C18H22F3N5O4S/c1-9(27)7-25-11(3)14(17(22)28)6-16(25)31(29,30)24-12-4-13(5-12)26-8-15(10(2)23-26)18(19,20)21/h6,8,12-13,24H,4-5,7H2,1-3H3,(H2,22,28). The van der Waals surface area contributed by atoms with E-state index < -0.39 is 33.7 Å². The number of hydrogen-bond donors (Lipinski definition) is 2. The first-order chi connectivity index (χ1) is 14.2. The maximum atomic E-state index is 12.9. The molecule has 1 amide bonds. The molecule has 0 aromatic carbocycles. The molecule has 1 aliphatic carbocycles. The minimum absolute atomic E-state index is 0.0141. The molecule has 3 rings (SSSR count). The first-order valence-corrected chi connectivity index (χ1v) is 10.8. The molecule has 1 aliphatic rings. The summed E-state index contributed by atoms with van der Waals surface area (Å²) in [7, 11) is -4.12. The highest BCUT2D eigenvalue weighted by molar-refractivity contribution is 7.89. The normalized spacial score (nSPS) is 19.3. The molecular formula is C18H22F3N5O4S. The lowest BCUT2D eigenvalue weighted by atomic mass is 9.88. The van der Waals surface area contributed by atoms with Gasteiger partial charge in [0.2, 0.25) is 0 Å². The molecule has 0 radical (unpaired) electrons. The average Bonchev–Trinajstić information content (AvgIpc) is 3.11. The number of halogens is 3. The van der Waals surface area contributed by atoms with Crippen LogP contribution in [-0.4, -0.2) is 40.5 Å². The first kappa shape index (κ1) is 23.0. The number of ketones is 1. The number of rotatable bonds is 7. The highest BCUT2D eigenvalue weighted by Gasteiger charge is 2.39. The fourth-order valence-corrected chi connectivity index (χ4v) is 5.15. The summed E-state index contributed by atoms with van der Waals surface area (Å²) in [6.45, 7) is 3.78. The van der Waals surface area contributed by atoms with Gasteiger partial charge in [0.15, 0.2) is 5.03 Å². The number of alkyl halides is 3. The Labute approximate surface area is 176 Å². The predicted octanol–water partition coefficient (Wildman–Crippen LogP) is 1.69. The number of nitrogens with two attached hydrogens (primary N) is 1. The number of carbonyl (C=O) groups is 2. The second kappa shape index (κ2) is 7.79. The van der Waals surface area contributed by atoms with E-state index >= 15 is 0 Å². The Kier molecular flexibility index (Phi) is 5.78. The lowest BCUT2D eigenvalue weighted by Crippen LogP contribution is -2.45. The van der Waals surface area contributed by atoms with E-state index in [9.17, 15) is 31.2 Å². The van der Waals surface area contributed by atoms with Gasteiger partial charge < -0.3 is 10.3 Å². The van der Waals surface area contributed by atoms with Crippen LogP contribution < -0.4 is 10.5 Å². The summed E-state index contributed by atoms with van der Waals surface area (Å²) in [5.41, 5.74) is 4.56. The number of primary amides is 1. The fourth-order valence-electron chi connectivity index (χ4n) is 3.63. The van der Waals surface area contributed by atoms with Crippen molar-refractivity contribution in [1.82, 2.24) is 19.1 Å². The number of aromatic nitrogens is 3. The molecule has 3 N–H and O–H groups in total. The monoisotopic (exact) mass is 461 g/mol. The topological polar surface area (TPSA) is 129 Å². The summed E-state index contributed by atoms with van der Waals surface area (Å²) in [5, 5.41) is 3.62. The zero-order valence-corrected chi connectivity index (χ0v) is 17.8. The van der Waals surface area contributed by atoms with Gasteiger partial charge in [-0.15, -0.1) is 0 Å². The Bertz CT molecular complexity index is 1140. The Morgan fingerprint density at radius 1 is 1.29 bits per heavy atom. The highest BCUT2D eigenvalue weighted by Crippen LogP contribution is 2.37. The van der Waals surface area contributed by atoms with Crippen LogP contribution in [0.4, 0.5) is 13.2 Å². The maximum absolute atomic E-state index is 12.9. The molecule has 31 heavy (non-hydrogen) atoms. The number of amides is 1. The molecule has 170 valence electrons. The zero-order valence-electron chi connectivity index (χ0n) is 17.0. The molecular weight excluding hydrogens is 439 g/mol. The van der Waals surface area contributed by atoms with E-state index in [0.717, 1.165) is 12.3 Å². The summed E-state index contributed by atoms with van der Waals surface area (Å²) in [6.07, 6.45) is -3.10. The molecule has 1 fully saturated rings. The third kappa shape index (κ3) is 4.51. The number of aryl methyl sites for hydroxylation is 1. The van der Waals surface area contributed by atoms with Gasteiger partial charge >= 0.3 is 6.18 Å². The largest absolute Gasteiger partial charge is 0.419 e. The quantitative estimate of drug-likeness (QED) is 0.648. The van der Waals surface area contributed by atoms with Gasteiger partial charge in [0.25, 0.3) is 15.9 Å². The van der Waals surface area contributed by atoms with Crippen LogP contribution in [0, 0.1) is 13.8 Å². The lowest BCUT2D eigenvalue weighted by molar-refractivity contribution is -0.138. The van der Waals surface area contributed by atoms with Crippen LogP contribution in [0.3, 0.4) is 0 Å². The van der Waals surface area contributed by atoms with Crippen molar-refractivity contribution in [2.45, 2.75) is 63.4 Å². The number of Topliss-reactive ketones (excluding diaryl/α,β-unsaturated/α-hetero) is 1. The van der Waals surface area contributed by atoms with E-state index in [1.165, 1.54) is 30.0 Å². The summed E-state index contributed by atoms with van der Waals surface area (Å²) in [4.78, 5) is 23.2. The van der Waals surface area contributed by atoms with Crippen LogP contribution >= 0.6 is 0 Å². The van der Waals surface area contributed by atoms with Crippen LogP contribution in [0.25, 0.3) is 0 Å². The van der Waals surface area contributed by atoms with Crippen molar-refractivity contribution >= 4 is 21.7 Å². The van der Waals surface area contributed by atoms with Gasteiger partial charge in [-0.3, -0.25) is 14.3 Å². The Morgan fingerprint density at radius 3 is 2.39 bits per heavy atom. The SMILES string of the molecule is CC(=O)Cn1c(S(=O)(=O)NC2CC(n3cc(C(F)(F)F)c(C)n3)C2)cc(C(N)=O)c1C. The minimum atomic E-state index is -4.51. The van der Waals surface area contributed by atoms with Crippen LogP contribution in [0.2, 0.25) is 0 Å². The third-order valence-electron chi connectivity index (χ3n) is 5.28. The molecule has 2 heterocycles. The van der Waals surface area contributed by atoms with Gasteiger partial charge in [0, 0.05) is 17.9 Å². The van der Waals surface area contributed by atoms with Crippen LogP contribution in [0.5, 0.6) is 0 Å². The molecule has 9 nitrogen and oxygen atoms in total. The van der Waals surface area contributed by atoms with Crippen molar-refractivity contribution in [3.63, 3.8) is 0 Å². The van der Waals surface area contributed by atoms with Gasteiger partial charge in [-0.2, -0.15) is 18.3 Å². The minimum Gasteiger partial charge on any atom is -0.366 e. The van der Waals surface area contributed by atoms with Crippen LogP contribution in [-0.2, 0) is 27.5 Å². The molecule has 1 saturated carbocycles. The molecule has 0 bridgehead atoms. The number of sulfonamides is 1.